The first-order valence-corrected chi connectivity index (χ1v) is 14.4. The third-order valence-electron chi connectivity index (χ3n) is 8.27. The van der Waals surface area contributed by atoms with Crippen LogP contribution in [-0.4, -0.2) is 54.1 Å². The Balaban J connectivity index is 1.17. The second kappa shape index (κ2) is 10.7. The van der Waals surface area contributed by atoms with Crippen LogP contribution in [0.15, 0.2) is 43.0 Å². The Kier molecular flexibility index (Phi) is 6.59. The molecule has 10 nitrogen and oxygen atoms in total. The van der Waals surface area contributed by atoms with Crippen molar-refractivity contribution in [3.8, 4) is 22.6 Å². The molecule has 1 saturated carbocycles. The monoisotopic (exact) mass is 535 g/mol. The topological polar surface area (TPSA) is 128 Å². The van der Waals surface area contributed by atoms with Gasteiger partial charge in [-0.3, -0.25) is 14.9 Å². The Morgan fingerprint density at radius 3 is 2.65 bits per heavy atom. The number of piperidine rings is 1. The van der Waals surface area contributed by atoms with E-state index >= 15 is 0 Å². The van der Waals surface area contributed by atoms with Crippen molar-refractivity contribution in [2.24, 2.45) is 5.92 Å². The zero-order valence-electron chi connectivity index (χ0n) is 22.5. The molecule has 0 atom stereocenters. The highest BCUT2D eigenvalue weighted by atomic mass is 16.1. The second-order valence-corrected chi connectivity index (χ2v) is 11.1. The van der Waals surface area contributed by atoms with Gasteiger partial charge in [-0.05, 0) is 56.2 Å². The summed E-state index contributed by atoms with van der Waals surface area (Å²) in [5, 5.41) is 11.4. The minimum atomic E-state index is 0.0546. The number of aromatic amines is 2. The van der Waals surface area contributed by atoms with E-state index in [0.717, 1.165) is 59.3 Å². The van der Waals surface area contributed by atoms with E-state index in [1.54, 1.807) is 18.6 Å². The molecule has 0 radical (unpaired) electrons. The number of hydrogen-bond donors (Lipinski definition) is 3. The molecule has 7 rings (SSSR count). The first kappa shape index (κ1) is 24.7. The number of imidazole rings is 1. The standard InChI is InChI=1S/C30H33N9O/c40-25(13-19-7-3-1-4-8-19)34-22-14-20(16-31-18-22)21-15-23-26(37-38-28(23)33-17-21)30-35-27-24(9-10-32-29(27)36-30)39-11-5-2-6-12-39/h9-10,14-19H,1-8,11-13H2,(H,34,40)(H,32,35,36)(H,33,37,38). The molecule has 1 aliphatic heterocycles. The molecular weight excluding hydrogens is 502 g/mol. The van der Waals surface area contributed by atoms with Gasteiger partial charge in [-0.1, -0.05) is 19.3 Å². The average molecular weight is 536 g/mol. The third kappa shape index (κ3) is 4.89. The molecule has 10 heteroatoms. The second-order valence-electron chi connectivity index (χ2n) is 11.1. The van der Waals surface area contributed by atoms with Crippen LogP contribution in [0.25, 0.3) is 44.8 Å². The van der Waals surface area contributed by atoms with Crippen molar-refractivity contribution in [1.82, 2.24) is 35.1 Å². The minimum Gasteiger partial charge on any atom is -0.370 e. The van der Waals surface area contributed by atoms with E-state index in [2.05, 4.69) is 46.4 Å². The molecule has 2 fully saturated rings. The maximum atomic E-state index is 12.7. The maximum Gasteiger partial charge on any atom is 0.224 e. The number of anilines is 2. The molecule has 2 aliphatic rings. The highest BCUT2D eigenvalue weighted by Crippen LogP contribution is 2.32. The number of aromatic nitrogens is 7. The summed E-state index contributed by atoms with van der Waals surface area (Å²) in [6, 6.07) is 6.05. The Hall–Kier alpha value is -4.34. The molecule has 0 aromatic carbocycles. The molecule has 3 N–H and O–H groups in total. The molecule has 40 heavy (non-hydrogen) atoms. The van der Waals surface area contributed by atoms with Gasteiger partial charge in [0, 0.05) is 49.2 Å². The summed E-state index contributed by atoms with van der Waals surface area (Å²) in [5.41, 5.74) is 6.58. The number of amides is 1. The molecule has 5 aromatic heterocycles. The fourth-order valence-electron chi connectivity index (χ4n) is 6.18. The number of carbonyl (C=O) groups excluding carboxylic acids is 1. The molecule has 0 bridgehead atoms. The summed E-state index contributed by atoms with van der Waals surface area (Å²) >= 11 is 0. The van der Waals surface area contributed by atoms with Gasteiger partial charge in [0.2, 0.25) is 5.91 Å². The lowest BCUT2D eigenvalue weighted by Crippen LogP contribution is -2.29. The lowest BCUT2D eigenvalue weighted by atomic mass is 9.87. The third-order valence-corrected chi connectivity index (χ3v) is 8.27. The highest BCUT2D eigenvalue weighted by Gasteiger charge is 2.20. The summed E-state index contributed by atoms with van der Waals surface area (Å²) in [6.07, 6.45) is 17.4. The van der Waals surface area contributed by atoms with Crippen molar-refractivity contribution in [3.63, 3.8) is 0 Å². The van der Waals surface area contributed by atoms with Gasteiger partial charge in [-0.15, -0.1) is 0 Å². The average Bonchev–Trinajstić information content (AvgIpc) is 3.62. The number of fused-ring (bicyclic) bond motifs is 2. The Bertz CT molecular complexity index is 1660. The van der Waals surface area contributed by atoms with Crippen LogP contribution in [0.5, 0.6) is 0 Å². The quantitative estimate of drug-likeness (QED) is 0.248. The van der Waals surface area contributed by atoms with E-state index in [1.807, 2.05) is 18.3 Å². The molecule has 1 aliphatic carbocycles. The molecule has 5 aromatic rings. The van der Waals surface area contributed by atoms with Gasteiger partial charge in [0.15, 0.2) is 17.1 Å². The lowest BCUT2D eigenvalue weighted by Gasteiger charge is -2.28. The van der Waals surface area contributed by atoms with E-state index in [0.29, 0.717) is 35.1 Å². The van der Waals surface area contributed by atoms with Gasteiger partial charge in [-0.2, -0.15) is 5.10 Å². The van der Waals surface area contributed by atoms with Crippen molar-refractivity contribution in [2.75, 3.05) is 23.3 Å². The molecule has 204 valence electrons. The number of hydrogen-bond acceptors (Lipinski definition) is 7. The molecule has 6 heterocycles. The Morgan fingerprint density at radius 2 is 1.77 bits per heavy atom. The van der Waals surface area contributed by atoms with Crippen LogP contribution in [0.3, 0.4) is 0 Å². The number of rotatable bonds is 6. The smallest absolute Gasteiger partial charge is 0.224 e. The van der Waals surface area contributed by atoms with Crippen LogP contribution in [0.1, 0.15) is 57.8 Å². The van der Waals surface area contributed by atoms with Crippen molar-refractivity contribution in [3.05, 3.63) is 43.0 Å². The van der Waals surface area contributed by atoms with Gasteiger partial charge in [0.05, 0.1) is 23.0 Å². The van der Waals surface area contributed by atoms with Crippen molar-refractivity contribution in [1.29, 1.82) is 0 Å². The van der Waals surface area contributed by atoms with Crippen molar-refractivity contribution in [2.45, 2.75) is 57.8 Å². The van der Waals surface area contributed by atoms with E-state index in [-0.39, 0.29) is 5.91 Å². The maximum absolute atomic E-state index is 12.7. The van der Waals surface area contributed by atoms with Crippen LogP contribution in [0.4, 0.5) is 11.4 Å². The first-order chi connectivity index (χ1) is 19.7. The molecule has 0 spiro atoms. The SMILES string of the molecule is O=C(CC1CCCCC1)Nc1cncc(-c2cnc3n[nH]c(-c4nc5nccc(N6CCCCC6)c5[nH]4)c3c2)c1. The lowest BCUT2D eigenvalue weighted by molar-refractivity contribution is -0.117. The van der Waals surface area contributed by atoms with Crippen LogP contribution < -0.4 is 10.2 Å². The predicted octanol–water partition coefficient (Wildman–Crippen LogP) is 5.86. The first-order valence-electron chi connectivity index (χ1n) is 14.4. The van der Waals surface area contributed by atoms with Gasteiger partial charge >= 0.3 is 0 Å². The molecular formula is C30H33N9O. The normalized spacial score (nSPS) is 16.6. The van der Waals surface area contributed by atoms with Gasteiger partial charge < -0.3 is 15.2 Å². The zero-order valence-corrected chi connectivity index (χ0v) is 22.5. The number of nitrogens with one attached hydrogen (secondary N) is 3. The number of pyridine rings is 3. The molecule has 1 saturated heterocycles. The Morgan fingerprint density at radius 1 is 0.950 bits per heavy atom. The van der Waals surface area contributed by atoms with Crippen LogP contribution in [-0.2, 0) is 4.79 Å². The summed E-state index contributed by atoms with van der Waals surface area (Å²) in [7, 11) is 0. The summed E-state index contributed by atoms with van der Waals surface area (Å²) in [5.74, 6) is 1.22. The van der Waals surface area contributed by atoms with Crippen LogP contribution >= 0.6 is 0 Å². The van der Waals surface area contributed by atoms with Crippen LogP contribution in [0, 0.1) is 5.92 Å². The number of nitrogens with zero attached hydrogens (tertiary/aromatic N) is 6. The van der Waals surface area contributed by atoms with E-state index in [9.17, 15) is 4.79 Å². The van der Waals surface area contributed by atoms with E-state index in [4.69, 9.17) is 4.98 Å². The van der Waals surface area contributed by atoms with E-state index < -0.39 is 0 Å². The minimum absolute atomic E-state index is 0.0546. The molecule has 0 unspecified atom stereocenters. The summed E-state index contributed by atoms with van der Waals surface area (Å²) in [4.78, 5) is 36.9. The number of carbonyl (C=O) groups is 1. The summed E-state index contributed by atoms with van der Waals surface area (Å²) in [6.45, 7) is 2.09. The fraction of sp³-hybridized carbons (Fsp3) is 0.400. The number of H-pyrrole nitrogens is 2. The largest absolute Gasteiger partial charge is 0.370 e. The van der Waals surface area contributed by atoms with Gasteiger partial charge in [0.25, 0.3) is 0 Å². The van der Waals surface area contributed by atoms with Crippen molar-refractivity contribution < 1.29 is 4.79 Å². The van der Waals surface area contributed by atoms with Crippen molar-refractivity contribution >= 4 is 39.5 Å². The summed E-state index contributed by atoms with van der Waals surface area (Å²) < 4.78 is 0. The van der Waals surface area contributed by atoms with Gasteiger partial charge in [0.1, 0.15) is 11.2 Å². The predicted molar refractivity (Wildman–Crippen MR) is 156 cm³/mol. The molecule has 1 amide bonds. The van der Waals surface area contributed by atoms with Crippen LogP contribution in [0.2, 0.25) is 0 Å². The zero-order chi connectivity index (χ0) is 26.9. The highest BCUT2D eigenvalue weighted by molar-refractivity contribution is 5.95. The van der Waals surface area contributed by atoms with Gasteiger partial charge in [-0.25, -0.2) is 15.0 Å². The fourth-order valence-corrected chi connectivity index (χ4v) is 6.18. The Labute approximate surface area is 232 Å². The van der Waals surface area contributed by atoms with E-state index in [1.165, 1.54) is 38.5 Å².